The van der Waals surface area contributed by atoms with Crippen LogP contribution in [-0.2, 0) is 10.9 Å². The minimum absolute atomic E-state index is 0.00673. The van der Waals surface area contributed by atoms with Gasteiger partial charge in [0.05, 0.1) is 34.0 Å². The molecule has 1 aliphatic heterocycles. The lowest BCUT2D eigenvalue weighted by Crippen LogP contribution is -2.50. The largest absolute Gasteiger partial charge is 0.442 e. The van der Waals surface area contributed by atoms with Crippen LogP contribution < -0.4 is 15.5 Å². The van der Waals surface area contributed by atoms with Gasteiger partial charge in [0.1, 0.15) is 11.9 Å². The number of carbonyl (C=O) groups excluding carboxylic acids is 2. The van der Waals surface area contributed by atoms with Gasteiger partial charge in [-0.1, -0.05) is 0 Å². The number of halogens is 3. The Kier molecular flexibility index (Phi) is 6.17. The molecular weight excluding hydrogens is 449 g/mol. The normalized spacial score (nSPS) is 21.5. The first kappa shape index (κ1) is 22.6. The fraction of sp³-hybridized carbons (Fsp3) is 0.550. The molecule has 1 aliphatic carbocycles. The molecular formula is C20H23F3N4O4S. The van der Waals surface area contributed by atoms with Crippen LogP contribution in [0.5, 0.6) is 0 Å². The third kappa shape index (κ3) is 4.75. The number of rotatable bonds is 5. The van der Waals surface area contributed by atoms with Crippen LogP contribution in [0.4, 0.5) is 23.8 Å². The van der Waals surface area contributed by atoms with Gasteiger partial charge < -0.3 is 25.4 Å². The molecule has 0 radical (unpaired) electrons. The van der Waals surface area contributed by atoms with Crippen LogP contribution in [0.25, 0.3) is 10.2 Å². The van der Waals surface area contributed by atoms with Gasteiger partial charge in [0.25, 0.3) is 5.91 Å². The highest BCUT2D eigenvalue weighted by Crippen LogP contribution is 2.40. The summed E-state index contributed by atoms with van der Waals surface area (Å²) in [7, 11) is 1.39. The molecule has 8 nitrogen and oxygen atoms in total. The quantitative estimate of drug-likeness (QED) is 0.618. The number of fused-ring (bicyclic) bond motifs is 1. The highest BCUT2D eigenvalue weighted by molar-refractivity contribution is 7.17. The average Bonchev–Trinajstić information content (AvgIpc) is 3.49. The van der Waals surface area contributed by atoms with E-state index in [1.807, 2.05) is 0 Å². The van der Waals surface area contributed by atoms with E-state index < -0.39 is 35.9 Å². The van der Waals surface area contributed by atoms with Crippen LogP contribution in [0.3, 0.4) is 0 Å². The van der Waals surface area contributed by atoms with Gasteiger partial charge in [-0.3, -0.25) is 4.79 Å². The molecule has 32 heavy (non-hydrogen) atoms. The Morgan fingerprint density at radius 3 is 2.75 bits per heavy atom. The van der Waals surface area contributed by atoms with Crippen LogP contribution in [-0.4, -0.2) is 61.0 Å². The molecule has 1 saturated heterocycles. The first-order valence-electron chi connectivity index (χ1n) is 10.3. The van der Waals surface area contributed by atoms with Gasteiger partial charge in [-0.05, 0) is 31.2 Å². The van der Waals surface area contributed by atoms with E-state index in [0.717, 1.165) is 30.2 Å². The number of aliphatic hydroxyl groups is 1. The third-order valence-corrected chi connectivity index (χ3v) is 6.63. The summed E-state index contributed by atoms with van der Waals surface area (Å²) in [6.45, 7) is 0.701. The van der Waals surface area contributed by atoms with Crippen molar-refractivity contribution in [3.8, 4) is 0 Å². The Hall–Kier alpha value is -2.60. The van der Waals surface area contributed by atoms with Crippen molar-refractivity contribution in [2.45, 2.75) is 37.6 Å². The topological polar surface area (TPSA) is 104 Å². The fourth-order valence-corrected chi connectivity index (χ4v) is 4.64. The summed E-state index contributed by atoms with van der Waals surface area (Å²) in [4.78, 5) is 30.1. The predicted octanol–water partition coefficient (Wildman–Crippen LogP) is 2.75. The Morgan fingerprint density at radius 1 is 1.34 bits per heavy atom. The molecule has 2 fully saturated rings. The number of piperidine rings is 1. The molecule has 2 aliphatic rings. The Labute approximate surface area is 185 Å². The van der Waals surface area contributed by atoms with Crippen molar-refractivity contribution >= 4 is 39.4 Å². The number of nitrogens with zero attached hydrogens (tertiary/aromatic N) is 2. The zero-order chi connectivity index (χ0) is 23.0. The van der Waals surface area contributed by atoms with E-state index in [4.69, 9.17) is 4.74 Å². The van der Waals surface area contributed by atoms with Crippen LogP contribution in [0.15, 0.2) is 11.4 Å². The van der Waals surface area contributed by atoms with E-state index in [2.05, 4.69) is 15.6 Å². The second-order valence-electron chi connectivity index (χ2n) is 8.00. The SMILES string of the molecule is CNC(=O)c1csc2c(C(F)(F)F)cc(N3CC[C@H](O)[C@H](OC(=O)NCC4CC4)C3)nc12. The molecule has 12 heteroatoms. The fourth-order valence-electron chi connectivity index (χ4n) is 3.62. The lowest BCUT2D eigenvalue weighted by Gasteiger charge is -2.36. The Bertz CT molecular complexity index is 1020. The molecule has 0 bridgehead atoms. The maximum Gasteiger partial charge on any atom is 0.417 e. The van der Waals surface area contributed by atoms with E-state index in [0.29, 0.717) is 12.5 Å². The molecule has 2 aromatic heterocycles. The van der Waals surface area contributed by atoms with E-state index in [-0.39, 0.29) is 41.1 Å². The monoisotopic (exact) mass is 472 g/mol. The van der Waals surface area contributed by atoms with Crippen molar-refractivity contribution in [2.75, 3.05) is 31.6 Å². The van der Waals surface area contributed by atoms with Gasteiger partial charge in [-0.2, -0.15) is 13.2 Å². The number of pyridine rings is 1. The maximum absolute atomic E-state index is 13.8. The second-order valence-corrected chi connectivity index (χ2v) is 8.88. The van der Waals surface area contributed by atoms with Gasteiger partial charge in [-0.15, -0.1) is 11.3 Å². The zero-order valence-electron chi connectivity index (χ0n) is 17.2. The number of hydrogen-bond donors (Lipinski definition) is 3. The zero-order valence-corrected chi connectivity index (χ0v) is 18.1. The number of nitrogens with one attached hydrogen (secondary N) is 2. The first-order valence-corrected chi connectivity index (χ1v) is 11.1. The number of aromatic nitrogens is 1. The minimum atomic E-state index is -4.64. The molecule has 3 heterocycles. The highest BCUT2D eigenvalue weighted by atomic mass is 32.1. The lowest BCUT2D eigenvalue weighted by atomic mass is 10.0. The molecule has 3 N–H and O–H groups in total. The van der Waals surface area contributed by atoms with Crippen molar-refractivity contribution in [2.24, 2.45) is 5.92 Å². The number of hydrogen-bond acceptors (Lipinski definition) is 7. The van der Waals surface area contributed by atoms with Crippen molar-refractivity contribution in [3.63, 3.8) is 0 Å². The number of thiophene rings is 1. The average molecular weight is 472 g/mol. The summed E-state index contributed by atoms with van der Waals surface area (Å²) < 4.78 is 46.5. The van der Waals surface area contributed by atoms with Crippen LogP contribution in [0, 0.1) is 5.92 Å². The molecule has 2 amide bonds. The van der Waals surface area contributed by atoms with Crippen LogP contribution in [0.1, 0.15) is 35.2 Å². The standard InChI is InChI=1S/C20H23F3N4O4S/c1-24-18(29)11-9-32-17-12(20(21,22)23)6-15(26-16(11)17)27-5-4-13(28)14(8-27)31-19(30)25-7-10-2-3-10/h6,9-10,13-14,28H,2-5,7-8H2,1H3,(H,24,29)(H,25,30)/t13-,14+/m0/s1. The van der Waals surface area contributed by atoms with Crippen LogP contribution >= 0.6 is 11.3 Å². The summed E-state index contributed by atoms with van der Waals surface area (Å²) in [5.41, 5.74) is -0.863. The molecule has 0 aromatic carbocycles. The van der Waals surface area contributed by atoms with Crippen molar-refractivity contribution in [1.82, 2.24) is 15.6 Å². The number of aliphatic hydroxyl groups excluding tert-OH is 1. The van der Waals surface area contributed by atoms with Crippen molar-refractivity contribution in [3.05, 3.63) is 22.6 Å². The van der Waals surface area contributed by atoms with Gasteiger partial charge in [0.15, 0.2) is 0 Å². The molecule has 4 rings (SSSR count). The summed E-state index contributed by atoms with van der Waals surface area (Å²) in [6, 6.07) is 0.939. The van der Waals surface area contributed by atoms with E-state index >= 15 is 0 Å². The summed E-state index contributed by atoms with van der Waals surface area (Å²) >= 11 is 0.809. The van der Waals surface area contributed by atoms with Gasteiger partial charge in [0, 0.05) is 25.5 Å². The first-order chi connectivity index (χ1) is 15.2. The number of amides is 2. The minimum Gasteiger partial charge on any atom is -0.442 e. The maximum atomic E-state index is 13.8. The molecule has 2 atom stereocenters. The molecule has 174 valence electrons. The van der Waals surface area contributed by atoms with Crippen molar-refractivity contribution in [1.29, 1.82) is 0 Å². The van der Waals surface area contributed by atoms with Gasteiger partial charge in [-0.25, -0.2) is 9.78 Å². The summed E-state index contributed by atoms with van der Waals surface area (Å²) in [5.74, 6) is -0.0731. The van der Waals surface area contributed by atoms with Gasteiger partial charge in [0.2, 0.25) is 0 Å². The van der Waals surface area contributed by atoms with Crippen LogP contribution in [0.2, 0.25) is 0 Å². The van der Waals surface area contributed by atoms with E-state index in [1.165, 1.54) is 17.3 Å². The van der Waals surface area contributed by atoms with Gasteiger partial charge >= 0.3 is 12.3 Å². The van der Waals surface area contributed by atoms with E-state index in [1.54, 1.807) is 0 Å². The van der Waals surface area contributed by atoms with Crippen molar-refractivity contribution < 1.29 is 32.6 Å². The summed E-state index contributed by atoms with van der Waals surface area (Å²) in [5, 5.41) is 16.7. The number of ether oxygens (including phenoxy) is 1. The Balaban J connectivity index is 1.61. The molecule has 2 aromatic rings. The third-order valence-electron chi connectivity index (χ3n) is 5.63. The van der Waals surface area contributed by atoms with E-state index in [9.17, 15) is 27.9 Å². The number of alkyl carbamates (subject to hydrolysis) is 1. The smallest absolute Gasteiger partial charge is 0.417 e. The Morgan fingerprint density at radius 2 is 2.09 bits per heavy atom. The number of anilines is 1. The summed E-state index contributed by atoms with van der Waals surface area (Å²) in [6.07, 6.45) is -4.88. The number of alkyl halides is 3. The molecule has 1 saturated carbocycles. The highest BCUT2D eigenvalue weighted by Gasteiger charge is 2.37. The molecule has 0 spiro atoms. The number of carbonyl (C=O) groups is 2. The molecule has 0 unspecified atom stereocenters. The second kappa shape index (κ2) is 8.74. The predicted molar refractivity (Wildman–Crippen MR) is 112 cm³/mol. The lowest BCUT2D eigenvalue weighted by molar-refractivity contribution is -0.136.